The van der Waals surface area contributed by atoms with Gasteiger partial charge in [-0.3, -0.25) is 5.01 Å². The van der Waals surface area contributed by atoms with Gasteiger partial charge in [0.05, 0.1) is 32.5 Å². The number of rotatable bonds is 2. The van der Waals surface area contributed by atoms with Crippen LogP contribution in [0.5, 0.6) is 0 Å². The largest absolute Gasteiger partial charge is 0.378 e. The van der Waals surface area contributed by atoms with E-state index in [1.54, 1.807) is 0 Å². The van der Waals surface area contributed by atoms with Gasteiger partial charge in [0.25, 0.3) is 0 Å². The highest BCUT2D eigenvalue weighted by atomic mass is 16.5. The number of H-pyrrole nitrogens is 1. The summed E-state index contributed by atoms with van der Waals surface area (Å²) in [5.74, 6) is 0. The molecule has 1 fully saturated rings. The van der Waals surface area contributed by atoms with Crippen LogP contribution in [0, 0.1) is 0 Å². The second-order valence-electron chi connectivity index (χ2n) is 4.10. The Morgan fingerprint density at radius 3 is 2.94 bits per heavy atom. The topological polar surface area (TPSA) is 40.6 Å². The molecule has 1 aromatic heterocycles. The number of morpholine rings is 1. The predicted molar refractivity (Wildman–Crippen MR) is 68.3 cm³/mol. The number of benzene rings is 1. The number of aromatic amines is 1. The van der Waals surface area contributed by atoms with Crippen LogP contribution < -0.4 is 0 Å². The predicted octanol–water partition coefficient (Wildman–Crippen LogP) is 1.83. The summed E-state index contributed by atoms with van der Waals surface area (Å²) >= 11 is 0. The minimum Gasteiger partial charge on any atom is -0.378 e. The number of nitrogens with one attached hydrogen (secondary N) is 1. The van der Waals surface area contributed by atoms with Crippen LogP contribution >= 0.6 is 0 Å². The van der Waals surface area contributed by atoms with E-state index < -0.39 is 0 Å². The zero-order valence-electron chi connectivity index (χ0n) is 9.60. The summed E-state index contributed by atoms with van der Waals surface area (Å²) in [6.07, 6.45) is 3.92. The third kappa shape index (κ3) is 2.17. The van der Waals surface area contributed by atoms with Crippen LogP contribution in [-0.2, 0) is 4.74 Å². The van der Waals surface area contributed by atoms with E-state index in [0.717, 1.165) is 37.4 Å². The molecular formula is C13H15N3O. The van der Waals surface area contributed by atoms with E-state index >= 15 is 0 Å². The van der Waals surface area contributed by atoms with Gasteiger partial charge in [-0.25, -0.2) is 0 Å². The average molecular weight is 229 g/mol. The number of hydrogen-bond acceptors (Lipinski definition) is 3. The van der Waals surface area contributed by atoms with Crippen LogP contribution in [0.15, 0.2) is 35.6 Å². The van der Waals surface area contributed by atoms with Gasteiger partial charge < -0.3 is 9.72 Å². The Balaban J connectivity index is 1.82. The van der Waals surface area contributed by atoms with Gasteiger partial charge in [0, 0.05) is 22.7 Å². The first-order valence-electron chi connectivity index (χ1n) is 5.86. The van der Waals surface area contributed by atoms with Crippen LogP contribution in [0.3, 0.4) is 0 Å². The van der Waals surface area contributed by atoms with Crippen molar-refractivity contribution in [1.29, 1.82) is 0 Å². The number of nitrogens with zero attached hydrogens (tertiary/aromatic N) is 2. The van der Waals surface area contributed by atoms with Gasteiger partial charge in [-0.2, -0.15) is 5.10 Å². The SMILES string of the molecule is C(=NN1CCOCC1)c1c[nH]c2ccccc12. The standard InChI is InChI=1S/C13H15N3O/c1-2-4-13-12(3-1)11(9-14-13)10-15-16-5-7-17-8-6-16/h1-4,9-10,14H,5-8H2. The second-order valence-corrected chi connectivity index (χ2v) is 4.10. The smallest absolute Gasteiger partial charge is 0.0659 e. The van der Waals surface area contributed by atoms with Crippen molar-refractivity contribution in [3.05, 3.63) is 36.0 Å². The molecule has 3 rings (SSSR count). The fourth-order valence-electron chi connectivity index (χ4n) is 2.01. The maximum Gasteiger partial charge on any atom is 0.0659 e. The lowest BCUT2D eigenvalue weighted by Gasteiger charge is -2.23. The number of ether oxygens (including phenoxy) is 1. The highest BCUT2D eigenvalue weighted by Crippen LogP contribution is 2.15. The van der Waals surface area contributed by atoms with Gasteiger partial charge in [0.2, 0.25) is 0 Å². The number of hydrogen-bond donors (Lipinski definition) is 1. The van der Waals surface area contributed by atoms with Crippen LogP contribution in [0.1, 0.15) is 5.56 Å². The highest BCUT2D eigenvalue weighted by Gasteiger charge is 2.07. The Kier molecular flexibility index (Phi) is 2.80. The molecule has 88 valence electrons. The molecule has 2 heterocycles. The van der Waals surface area contributed by atoms with Crippen molar-refractivity contribution >= 4 is 17.1 Å². The molecule has 0 saturated carbocycles. The molecular weight excluding hydrogens is 214 g/mol. The summed E-state index contributed by atoms with van der Waals surface area (Å²) in [6, 6.07) is 8.25. The molecule has 4 nitrogen and oxygen atoms in total. The molecule has 0 aliphatic carbocycles. The van der Waals surface area contributed by atoms with E-state index in [1.807, 2.05) is 29.6 Å². The number of aromatic nitrogens is 1. The fourth-order valence-corrected chi connectivity index (χ4v) is 2.01. The number of fused-ring (bicyclic) bond motifs is 1. The molecule has 0 spiro atoms. The van der Waals surface area contributed by atoms with Crippen LogP contribution in [-0.4, -0.2) is 42.5 Å². The molecule has 1 saturated heterocycles. The lowest BCUT2D eigenvalue weighted by molar-refractivity contribution is 0.0397. The van der Waals surface area contributed by atoms with Gasteiger partial charge in [0.15, 0.2) is 0 Å². The lowest BCUT2D eigenvalue weighted by Crippen LogP contribution is -2.32. The summed E-state index contributed by atoms with van der Waals surface area (Å²) in [5.41, 5.74) is 2.28. The Hall–Kier alpha value is -1.81. The summed E-state index contributed by atoms with van der Waals surface area (Å²) in [7, 11) is 0. The first-order chi connectivity index (χ1) is 8.43. The van der Waals surface area contributed by atoms with Crippen molar-refractivity contribution in [2.75, 3.05) is 26.3 Å². The molecule has 4 heteroatoms. The van der Waals surface area contributed by atoms with Crippen molar-refractivity contribution in [1.82, 2.24) is 9.99 Å². The number of hydrazone groups is 1. The monoisotopic (exact) mass is 229 g/mol. The molecule has 1 aliphatic heterocycles. The van der Waals surface area contributed by atoms with E-state index in [-0.39, 0.29) is 0 Å². The van der Waals surface area contributed by atoms with Crippen molar-refractivity contribution in [3.63, 3.8) is 0 Å². The molecule has 1 aromatic carbocycles. The maximum atomic E-state index is 5.29. The number of para-hydroxylation sites is 1. The minimum atomic E-state index is 0.769. The third-order valence-corrected chi connectivity index (χ3v) is 2.97. The lowest BCUT2D eigenvalue weighted by atomic mass is 10.2. The van der Waals surface area contributed by atoms with E-state index in [1.165, 1.54) is 5.39 Å². The molecule has 0 amide bonds. The van der Waals surface area contributed by atoms with Crippen LogP contribution in [0.2, 0.25) is 0 Å². The zero-order valence-corrected chi connectivity index (χ0v) is 9.60. The Bertz CT molecular complexity index is 526. The maximum absolute atomic E-state index is 5.29. The van der Waals surface area contributed by atoms with Gasteiger partial charge in [0.1, 0.15) is 0 Å². The second kappa shape index (κ2) is 4.59. The molecule has 0 radical (unpaired) electrons. The van der Waals surface area contributed by atoms with Gasteiger partial charge in [-0.05, 0) is 6.07 Å². The molecule has 0 bridgehead atoms. The van der Waals surface area contributed by atoms with Gasteiger partial charge >= 0.3 is 0 Å². The Morgan fingerprint density at radius 1 is 1.24 bits per heavy atom. The molecule has 1 aliphatic rings. The molecule has 17 heavy (non-hydrogen) atoms. The Labute approximate surface area is 99.9 Å². The molecule has 1 N–H and O–H groups in total. The molecule has 0 unspecified atom stereocenters. The summed E-state index contributed by atoms with van der Waals surface area (Å²) < 4.78 is 5.29. The first kappa shape index (κ1) is 10.4. The average Bonchev–Trinajstić information content (AvgIpc) is 2.81. The Morgan fingerprint density at radius 2 is 2.06 bits per heavy atom. The minimum absolute atomic E-state index is 0.769. The van der Waals surface area contributed by atoms with Crippen molar-refractivity contribution in [2.45, 2.75) is 0 Å². The first-order valence-corrected chi connectivity index (χ1v) is 5.86. The van der Waals surface area contributed by atoms with E-state index in [9.17, 15) is 0 Å². The fraction of sp³-hybridized carbons (Fsp3) is 0.308. The van der Waals surface area contributed by atoms with E-state index in [2.05, 4.69) is 22.2 Å². The quantitative estimate of drug-likeness (QED) is 0.798. The highest BCUT2D eigenvalue weighted by molar-refractivity contribution is 5.98. The molecule has 0 atom stereocenters. The zero-order chi connectivity index (χ0) is 11.5. The third-order valence-electron chi connectivity index (χ3n) is 2.97. The normalized spacial score (nSPS) is 17.1. The van der Waals surface area contributed by atoms with Crippen LogP contribution in [0.25, 0.3) is 10.9 Å². The molecule has 2 aromatic rings. The summed E-state index contributed by atoms with van der Waals surface area (Å²) in [5, 5.41) is 7.74. The summed E-state index contributed by atoms with van der Waals surface area (Å²) in [6.45, 7) is 3.29. The summed E-state index contributed by atoms with van der Waals surface area (Å²) in [4.78, 5) is 3.24. The van der Waals surface area contributed by atoms with E-state index in [0.29, 0.717) is 0 Å². The van der Waals surface area contributed by atoms with Gasteiger partial charge in [-0.15, -0.1) is 0 Å². The van der Waals surface area contributed by atoms with Crippen molar-refractivity contribution < 1.29 is 4.74 Å². The van der Waals surface area contributed by atoms with Crippen molar-refractivity contribution in [3.8, 4) is 0 Å². The van der Waals surface area contributed by atoms with Crippen LogP contribution in [0.4, 0.5) is 0 Å². The van der Waals surface area contributed by atoms with E-state index in [4.69, 9.17) is 4.74 Å². The van der Waals surface area contributed by atoms with Gasteiger partial charge in [-0.1, -0.05) is 18.2 Å². The van der Waals surface area contributed by atoms with Crippen molar-refractivity contribution in [2.24, 2.45) is 5.10 Å².